The van der Waals surface area contributed by atoms with E-state index in [1.54, 1.807) is 0 Å². The summed E-state index contributed by atoms with van der Waals surface area (Å²) in [6.07, 6.45) is 0.791. The number of hydrazone groups is 1. The van der Waals surface area contributed by atoms with Crippen LogP contribution in [0, 0.1) is 0 Å². The Balaban J connectivity index is 1.37. The summed E-state index contributed by atoms with van der Waals surface area (Å²) in [5, 5.41) is 9.30. The molecule has 33 heavy (non-hydrogen) atoms. The van der Waals surface area contributed by atoms with Gasteiger partial charge in [-0.25, -0.2) is 9.80 Å². The number of rotatable bonds is 4. The monoisotopic (exact) mass is 471 g/mol. The molecular weight excluding hydrogens is 450 g/mol. The maximum Gasteiger partial charge on any atom is 0.348 e. The van der Waals surface area contributed by atoms with Crippen LogP contribution in [-0.2, 0) is 0 Å². The number of carbonyl (C=O) groups is 1. The van der Waals surface area contributed by atoms with Gasteiger partial charge in [0.2, 0.25) is 0 Å². The van der Waals surface area contributed by atoms with E-state index in [0.717, 1.165) is 28.0 Å². The fourth-order valence-corrected chi connectivity index (χ4v) is 4.82. The van der Waals surface area contributed by atoms with E-state index in [4.69, 9.17) is 16.7 Å². The Labute approximate surface area is 202 Å². The summed E-state index contributed by atoms with van der Waals surface area (Å²) in [7, 11) is 0. The van der Waals surface area contributed by atoms with E-state index in [1.807, 2.05) is 60.7 Å². The molecule has 0 fully saturated rings. The van der Waals surface area contributed by atoms with Crippen LogP contribution in [0.25, 0.3) is 10.8 Å². The number of hydrogen-bond acceptors (Lipinski definition) is 3. The molecule has 1 aliphatic rings. The van der Waals surface area contributed by atoms with Gasteiger partial charge in [0.1, 0.15) is 0 Å². The SMILES string of the molecule is O=C(NSc1ccc2ccccc2c1)N1CCC(c2ccccc2)C(c2ccc(Cl)cc2)=N1. The minimum atomic E-state index is -0.230. The summed E-state index contributed by atoms with van der Waals surface area (Å²) in [6.45, 7) is 0.542. The molecule has 0 radical (unpaired) electrons. The van der Waals surface area contributed by atoms with Gasteiger partial charge >= 0.3 is 6.03 Å². The first kappa shape index (κ1) is 21.6. The zero-order valence-corrected chi connectivity index (χ0v) is 19.4. The second kappa shape index (κ2) is 9.69. The molecule has 1 aliphatic heterocycles. The van der Waals surface area contributed by atoms with Crippen molar-refractivity contribution in [1.82, 2.24) is 9.73 Å². The van der Waals surface area contributed by atoms with Gasteiger partial charge in [-0.15, -0.1) is 0 Å². The topological polar surface area (TPSA) is 44.7 Å². The molecule has 0 aliphatic carbocycles. The Hall–Kier alpha value is -3.28. The molecule has 1 heterocycles. The predicted molar refractivity (Wildman–Crippen MR) is 137 cm³/mol. The van der Waals surface area contributed by atoms with Crippen molar-refractivity contribution in [2.75, 3.05) is 6.54 Å². The van der Waals surface area contributed by atoms with Crippen molar-refractivity contribution >= 4 is 46.1 Å². The molecule has 164 valence electrons. The van der Waals surface area contributed by atoms with E-state index in [0.29, 0.717) is 11.6 Å². The van der Waals surface area contributed by atoms with E-state index in [1.165, 1.54) is 27.9 Å². The van der Waals surface area contributed by atoms with Crippen LogP contribution < -0.4 is 4.72 Å². The molecule has 4 aromatic carbocycles. The van der Waals surface area contributed by atoms with Crippen LogP contribution in [0.5, 0.6) is 0 Å². The highest BCUT2D eigenvalue weighted by Crippen LogP contribution is 2.30. The third-order valence-corrected chi connectivity index (χ3v) is 6.76. The number of carbonyl (C=O) groups excluding carboxylic acids is 1. The highest BCUT2D eigenvalue weighted by molar-refractivity contribution is 7.98. The number of amides is 2. The molecule has 6 heteroatoms. The van der Waals surface area contributed by atoms with E-state index in [9.17, 15) is 4.79 Å². The molecule has 1 atom stereocenters. The van der Waals surface area contributed by atoms with Crippen molar-refractivity contribution in [3.63, 3.8) is 0 Å². The number of nitrogens with zero attached hydrogens (tertiary/aromatic N) is 2. The first-order valence-corrected chi connectivity index (χ1v) is 12.0. The van der Waals surface area contributed by atoms with Gasteiger partial charge in [0.05, 0.1) is 5.71 Å². The summed E-state index contributed by atoms with van der Waals surface area (Å²) >= 11 is 7.41. The standard InChI is InChI=1S/C27H22ClN3OS/c28-23-13-10-21(11-14-23)26-25(20-7-2-1-3-8-20)16-17-31(29-26)27(32)30-33-24-15-12-19-6-4-5-9-22(19)18-24/h1-15,18,25H,16-17H2,(H,30,32). The molecule has 0 saturated heterocycles. The number of fused-ring (bicyclic) bond motifs is 1. The van der Waals surface area contributed by atoms with Crippen molar-refractivity contribution in [1.29, 1.82) is 0 Å². The van der Waals surface area contributed by atoms with Gasteiger partial charge in [-0.05, 0) is 64.5 Å². The maximum absolute atomic E-state index is 13.0. The summed E-state index contributed by atoms with van der Waals surface area (Å²) in [6, 6.07) is 32.0. The zero-order valence-electron chi connectivity index (χ0n) is 17.8. The van der Waals surface area contributed by atoms with Gasteiger partial charge in [-0.3, -0.25) is 4.72 Å². The van der Waals surface area contributed by atoms with Gasteiger partial charge in [-0.1, -0.05) is 84.4 Å². The Morgan fingerprint density at radius 1 is 0.909 bits per heavy atom. The quantitative estimate of drug-likeness (QED) is 0.322. The van der Waals surface area contributed by atoms with Crippen LogP contribution in [0.2, 0.25) is 5.02 Å². The molecule has 1 unspecified atom stereocenters. The van der Waals surface area contributed by atoms with Crippen LogP contribution in [0.15, 0.2) is 107 Å². The van der Waals surface area contributed by atoms with Crippen molar-refractivity contribution in [3.8, 4) is 0 Å². The third kappa shape index (κ3) is 4.90. The van der Waals surface area contributed by atoms with Crippen molar-refractivity contribution < 1.29 is 4.79 Å². The molecular formula is C27H22ClN3OS. The average molecular weight is 472 g/mol. The van der Waals surface area contributed by atoms with Crippen molar-refractivity contribution in [2.45, 2.75) is 17.2 Å². The fourth-order valence-electron chi connectivity index (χ4n) is 4.06. The number of hydrogen-bond donors (Lipinski definition) is 1. The summed E-state index contributed by atoms with van der Waals surface area (Å²) in [5.41, 5.74) is 3.03. The first-order chi connectivity index (χ1) is 16.2. The highest BCUT2D eigenvalue weighted by atomic mass is 35.5. The number of urea groups is 1. The van der Waals surface area contributed by atoms with E-state index in [-0.39, 0.29) is 11.9 Å². The maximum atomic E-state index is 13.0. The van der Waals surface area contributed by atoms with Crippen LogP contribution in [0.1, 0.15) is 23.5 Å². The van der Waals surface area contributed by atoms with Crippen LogP contribution in [-0.4, -0.2) is 23.3 Å². The molecule has 2 amide bonds. The third-order valence-electron chi connectivity index (χ3n) is 5.74. The second-order valence-corrected chi connectivity index (χ2v) is 9.20. The number of halogens is 1. The molecule has 0 bridgehead atoms. The molecule has 0 saturated carbocycles. The summed E-state index contributed by atoms with van der Waals surface area (Å²) < 4.78 is 2.94. The average Bonchev–Trinajstić information content (AvgIpc) is 2.88. The molecule has 0 aromatic heterocycles. The van der Waals surface area contributed by atoms with E-state index in [2.05, 4.69) is 41.1 Å². The number of nitrogens with one attached hydrogen (secondary N) is 1. The van der Waals surface area contributed by atoms with E-state index < -0.39 is 0 Å². The molecule has 4 nitrogen and oxygen atoms in total. The fraction of sp³-hybridized carbons (Fsp3) is 0.111. The summed E-state index contributed by atoms with van der Waals surface area (Å²) in [4.78, 5) is 14.0. The second-order valence-electron chi connectivity index (χ2n) is 7.89. The van der Waals surface area contributed by atoms with Gasteiger partial charge in [0, 0.05) is 22.4 Å². The smallest absolute Gasteiger partial charge is 0.276 e. The Morgan fingerprint density at radius 2 is 1.64 bits per heavy atom. The van der Waals surface area contributed by atoms with Crippen LogP contribution in [0.3, 0.4) is 0 Å². The lowest BCUT2D eigenvalue weighted by molar-refractivity contribution is 0.202. The molecule has 4 aromatic rings. The van der Waals surface area contributed by atoms with Crippen molar-refractivity contribution in [3.05, 3.63) is 113 Å². The summed E-state index contributed by atoms with van der Waals surface area (Å²) in [5.74, 6) is 0.115. The lowest BCUT2D eigenvalue weighted by atomic mass is 9.86. The van der Waals surface area contributed by atoms with Gasteiger partial charge in [-0.2, -0.15) is 5.10 Å². The Kier molecular flexibility index (Phi) is 6.33. The van der Waals surface area contributed by atoms with Crippen molar-refractivity contribution in [2.24, 2.45) is 5.10 Å². The van der Waals surface area contributed by atoms with Crippen LogP contribution >= 0.6 is 23.5 Å². The molecule has 1 N–H and O–H groups in total. The Bertz CT molecular complexity index is 1310. The molecule has 5 rings (SSSR count). The van der Waals surface area contributed by atoms with Crippen LogP contribution in [0.4, 0.5) is 4.79 Å². The normalized spacial score (nSPS) is 15.8. The van der Waals surface area contributed by atoms with Gasteiger partial charge < -0.3 is 0 Å². The first-order valence-electron chi connectivity index (χ1n) is 10.8. The minimum absolute atomic E-state index is 0.115. The number of benzene rings is 4. The van der Waals surface area contributed by atoms with Gasteiger partial charge in [0.15, 0.2) is 0 Å². The highest BCUT2D eigenvalue weighted by Gasteiger charge is 2.28. The minimum Gasteiger partial charge on any atom is -0.276 e. The molecule has 0 spiro atoms. The largest absolute Gasteiger partial charge is 0.348 e. The van der Waals surface area contributed by atoms with Gasteiger partial charge in [0.25, 0.3) is 0 Å². The Morgan fingerprint density at radius 3 is 2.42 bits per heavy atom. The lowest BCUT2D eigenvalue weighted by Crippen LogP contribution is -2.39. The lowest BCUT2D eigenvalue weighted by Gasteiger charge is -2.30. The zero-order chi connectivity index (χ0) is 22.6. The predicted octanol–water partition coefficient (Wildman–Crippen LogP) is 7.10. The van der Waals surface area contributed by atoms with E-state index >= 15 is 0 Å².